The van der Waals surface area contributed by atoms with Crippen molar-refractivity contribution in [2.75, 3.05) is 0 Å². The van der Waals surface area contributed by atoms with E-state index in [1.807, 2.05) is 32.4 Å². The van der Waals surface area contributed by atoms with Crippen LogP contribution in [-0.2, 0) is 6.54 Å². The molecule has 3 heteroatoms. The van der Waals surface area contributed by atoms with Crippen LogP contribution in [0, 0.1) is 6.92 Å². The molecule has 1 heterocycles. The molecule has 58 valence electrons. The van der Waals surface area contributed by atoms with E-state index in [0.717, 1.165) is 12.4 Å². The molecule has 0 aliphatic heterocycles. The Balaban J connectivity index is 0.000000371. The van der Waals surface area contributed by atoms with Gasteiger partial charge in [-0.25, -0.2) is 4.98 Å². The van der Waals surface area contributed by atoms with Gasteiger partial charge in [-0.1, -0.05) is 13.8 Å². The predicted octanol–water partition coefficient (Wildman–Crippen LogP) is 1.63. The molecule has 0 atom stereocenters. The van der Waals surface area contributed by atoms with Crippen LogP contribution in [0.5, 0.6) is 0 Å². The van der Waals surface area contributed by atoms with E-state index in [4.69, 9.17) is 0 Å². The molecule has 1 aromatic heterocycles. The zero-order valence-electron chi connectivity index (χ0n) is 7.13. The summed E-state index contributed by atoms with van der Waals surface area (Å²) >= 11 is 0. The Morgan fingerprint density at radius 3 is 2.30 bits per heavy atom. The lowest BCUT2D eigenvalue weighted by Crippen LogP contribution is -1.97. The maximum absolute atomic E-state index is 3.94. The second-order valence-corrected chi connectivity index (χ2v) is 1.62. The van der Waals surface area contributed by atoms with Gasteiger partial charge < -0.3 is 0 Å². The minimum Gasteiger partial charge on any atom is -0.251 e. The SMILES string of the molecule is CC.CCn1ncnc1C. The van der Waals surface area contributed by atoms with E-state index in [0.29, 0.717) is 0 Å². The summed E-state index contributed by atoms with van der Waals surface area (Å²) in [6.45, 7) is 8.89. The van der Waals surface area contributed by atoms with Gasteiger partial charge in [-0.3, -0.25) is 4.68 Å². The molecular weight excluding hydrogens is 126 g/mol. The third kappa shape index (κ3) is 2.17. The Bertz CT molecular complexity index is 169. The van der Waals surface area contributed by atoms with Crippen LogP contribution in [0.3, 0.4) is 0 Å². The second-order valence-electron chi connectivity index (χ2n) is 1.62. The van der Waals surface area contributed by atoms with Gasteiger partial charge in [-0.2, -0.15) is 5.10 Å². The number of nitrogens with zero attached hydrogens (tertiary/aromatic N) is 3. The molecular formula is C7H15N3. The monoisotopic (exact) mass is 141 g/mol. The highest BCUT2D eigenvalue weighted by molar-refractivity contribution is 4.76. The second kappa shape index (κ2) is 4.97. The number of rotatable bonds is 1. The standard InChI is InChI=1S/C5H9N3.C2H6/c1-3-8-5(2)6-4-7-8;1-2/h4H,3H2,1-2H3;1-2H3. The molecule has 0 bridgehead atoms. The summed E-state index contributed by atoms with van der Waals surface area (Å²) < 4.78 is 1.85. The maximum Gasteiger partial charge on any atom is 0.138 e. The first kappa shape index (κ1) is 9.14. The Kier molecular flexibility index (Phi) is 4.54. The first-order valence-electron chi connectivity index (χ1n) is 3.69. The quantitative estimate of drug-likeness (QED) is 0.595. The molecule has 0 fully saturated rings. The number of aryl methyl sites for hydroxylation is 2. The topological polar surface area (TPSA) is 30.7 Å². The summed E-state index contributed by atoms with van der Waals surface area (Å²) in [7, 11) is 0. The van der Waals surface area contributed by atoms with Gasteiger partial charge in [-0.05, 0) is 13.8 Å². The highest BCUT2D eigenvalue weighted by atomic mass is 15.3. The Hall–Kier alpha value is -0.860. The van der Waals surface area contributed by atoms with Crippen LogP contribution >= 0.6 is 0 Å². The Labute approximate surface area is 62.1 Å². The normalized spacial score (nSPS) is 8.40. The van der Waals surface area contributed by atoms with Crippen molar-refractivity contribution in [3.8, 4) is 0 Å². The van der Waals surface area contributed by atoms with Gasteiger partial charge >= 0.3 is 0 Å². The lowest BCUT2D eigenvalue weighted by atomic mass is 10.6. The van der Waals surface area contributed by atoms with Crippen molar-refractivity contribution < 1.29 is 0 Å². The largest absolute Gasteiger partial charge is 0.251 e. The van der Waals surface area contributed by atoms with Gasteiger partial charge in [0.15, 0.2) is 0 Å². The van der Waals surface area contributed by atoms with Crippen LogP contribution < -0.4 is 0 Å². The fourth-order valence-electron chi connectivity index (χ4n) is 0.632. The average molecular weight is 141 g/mol. The molecule has 0 aliphatic carbocycles. The van der Waals surface area contributed by atoms with Crippen LogP contribution in [0.25, 0.3) is 0 Å². The van der Waals surface area contributed by atoms with E-state index in [-0.39, 0.29) is 0 Å². The van der Waals surface area contributed by atoms with Gasteiger partial charge in [0.2, 0.25) is 0 Å². The van der Waals surface area contributed by atoms with Crippen molar-refractivity contribution in [3.63, 3.8) is 0 Å². The van der Waals surface area contributed by atoms with Crippen LogP contribution in [0.1, 0.15) is 26.6 Å². The average Bonchev–Trinajstić information content (AvgIpc) is 2.39. The summed E-state index contributed by atoms with van der Waals surface area (Å²) in [6.07, 6.45) is 1.57. The molecule has 1 aromatic rings. The minimum absolute atomic E-state index is 0.909. The van der Waals surface area contributed by atoms with Gasteiger partial charge in [0.25, 0.3) is 0 Å². The van der Waals surface area contributed by atoms with Crippen molar-refractivity contribution in [3.05, 3.63) is 12.2 Å². The molecule has 0 saturated carbocycles. The lowest BCUT2D eigenvalue weighted by Gasteiger charge is -1.92. The summed E-state index contributed by atoms with van der Waals surface area (Å²) in [5.74, 6) is 0.979. The Morgan fingerprint density at radius 1 is 1.50 bits per heavy atom. The van der Waals surface area contributed by atoms with E-state index in [9.17, 15) is 0 Å². The van der Waals surface area contributed by atoms with E-state index >= 15 is 0 Å². The fourth-order valence-corrected chi connectivity index (χ4v) is 0.632. The lowest BCUT2D eigenvalue weighted by molar-refractivity contribution is 0.635. The summed E-state index contributed by atoms with van der Waals surface area (Å²) in [6, 6.07) is 0. The van der Waals surface area contributed by atoms with Crippen LogP contribution in [0.4, 0.5) is 0 Å². The maximum atomic E-state index is 3.94. The van der Waals surface area contributed by atoms with Crippen molar-refractivity contribution in [1.29, 1.82) is 0 Å². The first-order chi connectivity index (χ1) is 4.84. The molecule has 0 N–H and O–H groups in total. The van der Waals surface area contributed by atoms with Crippen LogP contribution in [0.15, 0.2) is 6.33 Å². The first-order valence-corrected chi connectivity index (χ1v) is 3.69. The third-order valence-corrected chi connectivity index (χ3v) is 1.11. The zero-order chi connectivity index (χ0) is 7.98. The van der Waals surface area contributed by atoms with Gasteiger partial charge in [0.05, 0.1) is 0 Å². The van der Waals surface area contributed by atoms with Crippen molar-refractivity contribution >= 4 is 0 Å². The van der Waals surface area contributed by atoms with Gasteiger partial charge in [-0.15, -0.1) is 0 Å². The summed E-state index contributed by atoms with van der Waals surface area (Å²) in [5, 5.41) is 3.94. The summed E-state index contributed by atoms with van der Waals surface area (Å²) in [5.41, 5.74) is 0. The highest BCUT2D eigenvalue weighted by Gasteiger charge is 1.90. The molecule has 0 spiro atoms. The smallest absolute Gasteiger partial charge is 0.138 e. The molecule has 0 unspecified atom stereocenters. The van der Waals surface area contributed by atoms with Crippen molar-refractivity contribution in [2.24, 2.45) is 0 Å². The fraction of sp³-hybridized carbons (Fsp3) is 0.714. The van der Waals surface area contributed by atoms with Crippen molar-refractivity contribution in [1.82, 2.24) is 14.8 Å². The molecule has 3 nitrogen and oxygen atoms in total. The highest BCUT2D eigenvalue weighted by Crippen LogP contribution is 1.87. The van der Waals surface area contributed by atoms with E-state index in [1.165, 1.54) is 0 Å². The summed E-state index contributed by atoms with van der Waals surface area (Å²) in [4.78, 5) is 3.94. The number of hydrogen-bond donors (Lipinski definition) is 0. The third-order valence-electron chi connectivity index (χ3n) is 1.11. The van der Waals surface area contributed by atoms with E-state index < -0.39 is 0 Å². The molecule has 0 aromatic carbocycles. The molecule has 0 saturated heterocycles. The molecule has 0 aliphatic rings. The zero-order valence-corrected chi connectivity index (χ0v) is 7.13. The number of aromatic nitrogens is 3. The predicted molar refractivity (Wildman–Crippen MR) is 41.8 cm³/mol. The van der Waals surface area contributed by atoms with E-state index in [2.05, 4.69) is 10.1 Å². The Morgan fingerprint density at radius 2 is 2.10 bits per heavy atom. The van der Waals surface area contributed by atoms with Gasteiger partial charge in [0.1, 0.15) is 12.2 Å². The molecule has 0 amide bonds. The van der Waals surface area contributed by atoms with Crippen LogP contribution in [0.2, 0.25) is 0 Å². The molecule has 1 rings (SSSR count). The molecule has 10 heavy (non-hydrogen) atoms. The minimum atomic E-state index is 0.909. The van der Waals surface area contributed by atoms with Gasteiger partial charge in [0, 0.05) is 6.54 Å². The van der Waals surface area contributed by atoms with Crippen LogP contribution in [-0.4, -0.2) is 14.8 Å². The van der Waals surface area contributed by atoms with Crippen molar-refractivity contribution in [2.45, 2.75) is 34.2 Å². The van der Waals surface area contributed by atoms with E-state index in [1.54, 1.807) is 6.33 Å². The number of hydrogen-bond acceptors (Lipinski definition) is 2. The molecule has 0 radical (unpaired) electrons.